The number of esters is 2. The number of nitrogens with zero attached hydrogens (tertiary/aromatic N) is 5. The van der Waals surface area contributed by atoms with Gasteiger partial charge in [0.1, 0.15) is 13.2 Å². The molecule has 0 aliphatic carbocycles. The van der Waals surface area contributed by atoms with E-state index in [1.165, 1.54) is 26.6 Å². The highest BCUT2D eigenvalue weighted by Crippen LogP contribution is 2.48. The smallest absolute Gasteiger partial charge is 0.342 e. The van der Waals surface area contributed by atoms with Crippen molar-refractivity contribution >= 4 is 47.7 Å². The fourth-order valence-corrected chi connectivity index (χ4v) is 5.96. The van der Waals surface area contributed by atoms with Gasteiger partial charge in [0, 0.05) is 20.0 Å². The molecule has 0 bridgehead atoms. The van der Waals surface area contributed by atoms with E-state index in [2.05, 4.69) is 20.9 Å². The molecule has 2 saturated heterocycles. The molecule has 0 N–H and O–H groups in total. The average Bonchev–Trinajstić information content (AvgIpc) is 3.42. The molecule has 5 atom stereocenters. The Morgan fingerprint density at radius 1 is 1.32 bits per heavy atom. The molecule has 0 radical (unpaired) electrons. The molecule has 4 heterocycles. The number of fused-ring (bicyclic) bond motifs is 1. The van der Waals surface area contributed by atoms with Gasteiger partial charge in [-0.3, -0.25) is 9.36 Å². The Labute approximate surface area is 237 Å². The number of terminal acetylenes is 1. The summed E-state index contributed by atoms with van der Waals surface area (Å²) in [6, 6.07) is 0. The number of halogens is 1. The summed E-state index contributed by atoms with van der Waals surface area (Å²) in [5, 5.41) is -0.00343. The Hall–Kier alpha value is -2.75. The molecule has 4 rings (SSSR count). The van der Waals surface area contributed by atoms with Crippen molar-refractivity contribution in [3.8, 4) is 12.3 Å². The molecule has 2 aliphatic rings. The molecule has 2 aromatic heterocycles. The normalized spacial score (nSPS) is 25.9. The van der Waals surface area contributed by atoms with E-state index < -0.39 is 48.8 Å². The Bertz CT molecular complexity index is 1350. The number of aromatic nitrogens is 4. The van der Waals surface area contributed by atoms with E-state index in [9.17, 15) is 14.2 Å². The summed E-state index contributed by atoms with van der Waals surface area (Å²) in [5.74, 6) is 0.593. The average molecular weight is 598 g/mol. The first kappa shape index (κ1) is 30.2. The summed E-state index contributed by atoms with van der Waals surface area (Å²) in [5.41, 5.74) is -0.402. The van der Waals surface area contributed by atoms with Crippen molar-refractivity contribution in [3.63, 3.8) is 0 Å². The van der Waals surface area contributed by atoms with Gasteiger partial charge in [0.05, 0.1) is 38.2 Å². The third kappa shape index (κ3) is 5.97. The predicted octanol–water partition coefficient (Wildman–Crippen LogP) is 2.31. The molecule has 15 heteroatoms. The first-order valence-electron chi connectivity index (χ1n) is 12.8. The lowest BCUT2D eigenvalue weighted by Gasteiger charge is -2.30. The Balaban J connectivity index is 1.72. The lowest BCUT2D eigenvalue weighted by Crippen LogP contribution is -2.42. The summed E-state index contributed by atoms with van der Waals surface area (Å²) in [6.07, 6.45) is 4.61. The van der Waals surface area contributed by atoms with Crippen LogP contribution in [0.15, 0.2) is 6.33 Å². The van der Waals surface area contributed by atoms with Crippen LogP contribution < -0.4 is 4.90 Å². The fourth-order valence-electron chi connectivity index (χ4n) is 4.77. The number of anilines is 1. The summed E-state index contributed by atoms with van der Waals surface area (Å²) >= 11 is 6.32. The van der Waals surface area contributed by atoms with Crippen molar-refractivity contribution < 1.29 is 37.8 Å². The fraction of sp³-hybridized carbons (Fsp3) is 0.640. The van der Waals surface area contributed by atoms with Crippen molar-refractivity contribution in [2.24, 2.45) is 5.41 Å². The molecule has 40 heavy (non-hydrogen) atoms. The second-order valence-corrected chi connectivity index (χ2v) is 13.8. The first-order valence-corrected chi connectivity index (χ1v) is 15.8. The standard InChI is InChI=1S/C25H33ClN5O8P/c1-7-25(4)16(13-37-23(40(5,6)34)22(33)36-8-2)39-21(18(25)38-15(3)32)31-14-27-17-19(28-24(26)29-20(17)31)30-9-11-35-12-10-30/h1,14,16,18,21,23H,8-13H2,2-6H3/t16-,18+,21-,23?,25+/m1/s1. The summed E-state index contributed by atoms with van der Waals surface area (Å²) in [4.78, 5) is 40.0. The summed E-state index contributed by atoms with van der Waals surface area (Å²) in [6.45, 7) is 9.58. The van der Waals surface area contributed by atoms with Gasteiger partial charge in [0.15, 0.2) is 29.3 Å². The predicted molar refractivity (Wildman–Crippen MR) is 146 cm³/mol. The SMILES string of the molecule is C#C[C@@]1(C)[C@@H](COC(C(=O)OCC)P(C)(C)=O)O[C@@H](n2cnc3c(N4CCOCC4)nc(Cl)nc32)[C@@H]1OC(C)=O. The monoisotopic (exact) mass is 597 g/mol. The van der Waals surface area contributed by atoms with Crippen LogP contribution >= 0.6 is 18.7 Å². The quantitative estimate of drug-likeness (QED) is 0.181. The third-order valence-corrected chi connectivity index (χ3v) is 8.50. The highest BCUT2D eigenvalue weighted by molar-refractivity contribution is 7.63. The number of carbonyl (C=O) groups excluding carboxylic acids is 2. The maximum absolute atomic E-state index is 12.8. The number of morpholine rings is 1. The van der Waals surface area contributed by atoms with Gasteiger partial charge in [-0.15, -0.1) is 6.42 Å². The van der Waals surface area contributed by atoms with E-state index in [-0.39, 0.29) is 18.5 Å². The van der Waals surface area contributed by atoms with Crippen LogP contribution in [0.3, 0.4) is 0 Å². The zero-order chi connectivity index (χ0) is 29.2. The zero-order valence-electron chi connectivity index (χ0n) is 23.0. The van der Waals surface area contributed by atoms with E-state index in [4.69, 9.17) is 41.7 Å². The minimum atomic E-state index is -3.08. The number of rotatable bonds is 9. The molecule has 218 valence electrons. The van der Waals surface area contributed by atoms with E-state index in [0.29, 0.717) is 43.3 Å². The van der Waals surface area contributed by atoms with E-state index in [0.717, 1.165) is 0 Å². The van der Waals surface area contributed by atoms with Crippen LogP contribution in [-0.2, 0) is 37.8 Å². The Morgan fingerprint density at radius 3 is 2.62 bits per heavy atom. The maximum atomic E-state index is 12.8. The number of carbonyl (C=O) groups is 2. The van der Waals surface area contributed by atoms with Gasteiger partial charge in [0.25, 0.3) is 0 Å². The maximum Gasteiger partial charge on any atom is 0.342 e. The zero-order valence-corrected chi connectivity index (χ0v) is 24.7. The van der Waals surface area contributed by atoms with Crippen LogP contribution in [0.5, 0.6) is 0 Å². The van der Waals surface area contributed by atoms with Crippen LogP contribution in [0.1, 0.15) is 27.0 Å². The minimum absolute atomic E-state index is 0.00343. The molecule has 1 unspecified atom stereocenters. The van der Waals surface area contributed by atoms with Crippen LogP contribution in [0.25, 0.3) is 11.2 Å². The van der Waals surface area contributed by atoms with E-state index in [1.54, 1.807) is 18.4 Å². The lowest BCUT2D eigenvalue weighted by atomic mass is 9.81. The van der Waals surface area contributed by atoms with Crippen molar-refractivity contribution in [1.29, 1.82) is 0 Å². The van der Waals surface area contributed by atoms with Gasteiger partial charge in [-0.1, -0.05) is 5.92 Å². The van der Waals surface area contributed by atoms with Crippen LogP contribution in [0.2, 0.25) is 5.28 Å². The highest BCUT2D eigenvalue weighted by Gasteiger charge is 2.56. The number of imidazole rings is 1. The molecule has 2 aliphatic heterocycles. The van der Waals surface area contributed by atoms with Crippen molar-refractivity contribution in [2.75, 3.05) is 57.7 Å². The summed E-state index contributed by atoms with van der Waals surface area (Å²) in [7, 11) is -3.08. The molecule has 0 spiro atoms. The van der Waals surface area contributed by atoms with Crippen molar-refractivity contribution in [2.45, 2.75) is 45.1 Å². The third-order valence-electron chi connectivity index (χ3n) is 6.85. The van der Waals surface area contributed by atoms with Gasteiger partial charge in [-0.2, -0.15) is 9.97 Å². The molecular formula is C25H33ClN5O8P. The second kappa shape index (κ2) is 12.0. The van der Waals surface area contributed by atoms with E-state index >= 15 is 0 Å². The van der Waals surface area contributed by atoms with Crippen molar-refractivity contribution in [3.05, 3.63) is 11.6 Å². The molecule has 0 saturated carbocycles. The number of hydrogen-bond donors (Lipinski definition) is 0. The first-order chi connectivity index (χ1) is 18.9. The molecular weight excluding hydrogens is 565 g/mol. The molecule has 2 aromatic rings. The Kier molecular flexibility index (Phi) is 9.07. The second-order valence-electron chi connectivity index (χ2n) is 10.1. The van der Waals surface area contributed by atoms with Gasteiger partial charge in [-0.05, 0) is 38.8 Å². The largest absolute Gasteiger partial charge is 0.464 e. The van der Waals surface area contributed by atoms with E-state index in [1.807, 2.05) is 4.90 Å². The minimum Gasteiger partial charge on any atom is -0.464 e. The number of ether oxygens (including phenoxy) is 5. The van der Waals surface area contributed by atoms with Crippen LogP contribution in [-0.4, -0.2) is 102 Å². The van der Waals surface area contributed by atoms with Crippen LogP contribution in [0.4, 0.5) is 5.82 Å². The molecule has 0 aromatic carbocycles. The van der Waals surface area contributed by atoms with Gasteiger partial charge < -0.3 is 33.1 Å². The van der Waals surface area contributed by atoms with Gasteiger partial charge in [0.2, 0.25) is 11.1 Å². The summed E-state index contributed by atoms with van der Waals surface area (Å²) < 4.78 is 42.8. The van der Waals surface area contributed by atoms with Crippen LogP contribution in [0, 0.1) is 17.8 Å². The number of hydrogen-bond acceptors (Lipinski definition) is 12. The molecule has 13 nitrogen and oxygen atoms in total. The van der Waals surface area contributed by atoms with Crippen molar-refractivity contribution in [1.82, 2.24) is 19.5 Å². The molecule has 2 fully saturated rings. The molecule has 0 amide bonds. The highest BCUT2D eigenvalue weighted by atomic mass is 35.5. The topological polar surface area (TPSA) is 144 Å². The van der Waals surface area contributed by atoms with Gasteiger partial charge >= 0.3 is 11.9 Å². The Morgan fingerprint density at radius 2 is 2.02 bits per heavy atom. The lowest BCUT2D eigenvalue weighted by molar-refractivity contribution is -0.156. The van der Waals surface area contributed by atoms with Gasteiger partial charge in [-0.25, -0.2) is 9.78 Å².